The molecule has 20 heavy (non-hydrogen) atoms. The van der Waals surface area contributed by atoms with Crippen molar-refractivity contribution in [1.29, 1.82) is 0 Å². The molecule has 0 atom stereocenters. The van der Waals surface area contributed by atoms with Crippen LogP contribution in [0.3, 0.4) is 0 Å². The lowest BCUT2D eigenvalue weighted by Gasteiger charge is -2.37. The maximum atomic E-state index is 9.01. The number of nitrogens with one attached hydrogen (secondary N) is 1. The van der Waals surface area contributed by atoms with Gasteiger partial charge in [-0.05, 0) is 25.7 Å². The Morgan fingerprint density at radius 1 is 1.35 bits per heavy atom. The molecule has 0 aromatic carbocycles. The number of hydrogen-bond donors (Lipinski definition) is 2. The van der Waals surface area contributed by atoms with E-state index >= 15 is 0 Å². The van der Waals surface area contributed by atoms with Crippen LogP contribution >= 0.6 is 0 Å². The highest BCUT2D eigenvalue weighted by Crippen LogP contribution is 2.26. The van der Waals surface area contributed by atoms with E-state index < -0.39 is 0 Å². The lowest BCUT2D eigenvalue weighted by atomic mass is 9.91. The number of aliphatic hydroxyl groups is 1. The van der Waals surface area contributed by atoms with Crippen LogP contribution in [0.1, 0.15) is 44.7 Å². The molecule has 1 aliphatic rings. The van der Waals surface area contributed by atoms with Gasteiger partial charge < -0.3 is 10.4 Å². The van der Waals surface area contributed by atoms with E-state index in [4.69, 9.17) is 5.11 Å². The molecule has 2 N–H and O–H groups in total. The first-order chi connectivity index (χ1) is 9.83. The van der Waals surface area contributed by atoms with Crippen LogP contribution in [-0.2, 0) is 6.54 Å². The van der Waals surface area contributed by atoms with Gasteiger partial charge >= 0.3 is 0 Å². The number of rotatable bonds is 9. The molecule has 5 heteroatoms. The summed E-state index contributed by atoms with van der Waals surface area (Å²) in [5.74, 6) is 0.848. The molecule has 2 rings (SSSR count). The van der Waals surface area contributed by atoms with Crippen molar-refractivity contribution in [3.8, 4) is 0 Å². The van der Waals surface area contributed by atoms with Crippen LogP contribution in [0.2, 0.25) is 0 Å². The average molecular weight is 278 g/mol. The summed E-state index contributed by atoms with van der Waals surface area (Å²) in [4.78, 5) is 11.3. The molecule has 0 saturated heterocycles. The van der Waals surface area contributed by atoms with Crippen LogP contribution < -0.4 is 5.32 Å². The summed E-state index contributed by atoms with van der Waals surface area (Å²) in [6.45, 7) is 5.10. The lowest BCUT2D eigenvalue weighted by molar-refractivity contribution is 0.108. The summed E-state index contributed by atoms with van der Waals surface area (Å²) >= 11 is 0. The fourth-order valence-corrected chi connectivity index (χ4v) is 2.41. The molecular formula is C15H26N4O. The third-order valence-electron chi connectivity index (χ3n) is 3.82. The van der Waals surface area contributed by atoms with Crippen molar-refractivity contribution in [3.63, 3.8) is 0 Å². The Morgan fingerprint density at radius 3 is 2.75 bits per heavy atom. The van der Waals surface area contributed by atoms with Gasteiger partial charge in [-0.3, -0.25) is 9.88 Å². The monoisotopic (exact) mass is 278 g/mol. The quantitative estimate of drug-likeness (QED) is 0.724. The van der Waals surface area contributed by atoms with Crippen molar-refractivity contribution in [1.82, 2.24) is 14.9 Å². The second kappa shape index (κ2) is 8.17. The third-order valence-corrected chi connectivity index (χ3v) is 3.82. The zero-order chi connectivity index (χ0) is 14.2. The number of hydrogen-bond acceptors (Lipinski definition) is 5. The molecular weight excluding hydrogens is 252 g/mol. The molecule has 1 fully saturated rings. The van der Waals surface area contributed by atoms with Gasteiger partial charge in [0.2, 0.25) is 0 Å². The van der Waals surface area contributed by atoms with Gasteiger partial charge in [0, 0.05) is 32.3 Å². The standard InChI is InChI=1S/C15H26N4O/c1-2-7-16-15-11-17-13(10-18-15)12-19(8-4-9-20)14-5-3-6-14/h10-11,14,20H,2-9,12H2,1H3,(H,16,18). The smallest absolute Gasteiger partial charge is 0.144 e. The number of aromatic nitrogens is 2. The summed E-state index contributed by atoms with van der Waals surface area (Å²) in [5.41, 5.74) is 1.01. The highest BCUT2D eigenvalue weighted by Gasteiger charge is 2.24. The molecule has 112 valence electrons. The Labute approximate surface area is 121 Å². The van der Waals surface area contributed by atoms with Crippen molar-refractivity contribution >= 4 is 5.82 Å². The number of anilines is 1. The topological polar surface area (TPSA) is 61.3 Å². The van der Waals surface area contributed by atoms with Crippen molar-refractivity contribution in [2.75, 3.05) is 25.0 Å². The van der Waals surface area contributed by atoms with Crippen molar-refractivity contribution in [3.05, 3.63) is 18.1 Å². The van der Waals surface area contributed by atoms with Crippen LogP contribution in [0.25, 0.3) is 0 Å². The predicted octanol–water partition coefficient (Wildman–Crippen LogP) is 2.04. The molecule has 0 unspecified atom stereocenters. The molecule has 1 heterocycles. The van der Waals surface area contributed by atoms with E-state index in [2.05, 4.69) is 27.1 Å². The van der Waals surface area contributed by atoms with Crippen LogP contribution in [0, 0.1) is 0 Å². The lowest BCUT2D eigenvalue weighted by Crippen LogP contribution is -2.40. The number of aliphatic hydroxyl groups excluding tert-OH is 1. The Hall–Kier alpha value is -1.20. The molecule has 1 aromatic heterocycles. The van der Waals surface area contributed by atoms with Crippen LogP contribution in [0.5, 0.6) is 0 Å². The zero-order valence-electron chi connectivity index (χ0n) is 12.4. The minimum Gasteiger partial charge on any atom is -0.396 e. The highest BCUT2D eigenvalue weighted by molar-refractivity contribution is 5.30. The Balaban J connectivity index is 1.88. The van der Waals surface area contributed by atoms with Gasteiger partial charge in [-0.2, -0.15) is 0 Å². The molecule has 5 nitrogen and oxygen atoms in total. The van der Waals surface area contributed by atoms with E-state index in [0.717, 1.165) is 44.0 Å². The summed E-state index contributed by atoms with van der Waals surface area (Å²) in [6.07, 6.45) is 9.47. The Kier molecular flexibility index (Phi) is 6.21. The molecule has 1 aromatic rings. The summed E-state index contributed by atoms with van der Waals surface area (Å²) < 4.78 is 0. The molecule has 0 radical (unpaired) electrons. The summed E-state index contributed by atoms with van der Waals surface area (Å²) in [5, 5.41) is 12.2. The second-order valence-electron chi connectivity index (χ2n) is 5.45. The van der Waals surface area contributed by atoms with Gasteiger partial charge in [0.05, 0.1) is 18.1 Å². The first kappa shape index (κ1) is 15.2. The van der Waals surface area contributed by atoms with Crippen molar-refractivity contribution < 1.29 is 5.11 Å². The summed E-state index contributed by atoms with van der Waals surface area (Å²) in [7, 11) is 0. The number of nitrogens with zero attached hydrogens (tertiary/aromatic N) is 3. The van der Waals surface area contributed by atoms with E-state index in [1.54, 1.807) is 0 Å². The SMILES string of the molecule is CCCNc1cnc(CN(CCCO)C2CCC2)cn1. The minimum absolute atomic E-state index is 0.259. The van der Waals surface area contributed by atoms with Gasteiger partial charge in [0.25, 0.3) is 0 Å². The van der Waals surface area contributed by atoms with E-state index in [-0.39, 0.29) is 6.61 Å². The van der Waals surface area contributed by atoms with E-state index in [1.165, 1.54) is 19.3 Å². The molecule has 0 bridgehead atoms. The Morgan fingerprint density at radius 2 is 2.20 bits per heavy atom. The van der Waals surface area contributed by atoms with Gasteiger partial charge in [0.1, 0.15) is 5.82 Å². The van der Waals surface area contributed by atoms with Crippen molar-refractivity contribution in [2.45, 2.75) is 51.6 Å². The molecule has 0 amide bonds. The van der Waals surface area contributed by atoms with Crippen molar-refractivity contribution in [2.24, 2.45) is 0 Å². The normalized spacial score (nSPS) is 15.3. The highest BCUT2D eigenvalue weighted by atomic mass is 16.3. The molecule has 1 aliphatic carbocycles. The third kappa shape index (κ3) is 4.42. The van der Waals surface area contributed by atoms with Crippen LogP contribution in [-0.4, -0.2) is 45.7 Å². The van der Waals surface area contributed by atoms with Gasteiger partial charge in [0.15, 0.2) is 0 Å². The van der Waals surface area contributed by atoms with Gasteiger partial charge in [-0.25, -0.2) is 4.98 Å². The van der Waals surface area contributed by atoms with E-state index in [1.807, 2.05) is 12.4 Å². The fourth-order valence-electron chi connectivity index (χ4n) is 2.41. The largest absolute Gasteiger partial charge is 0.396 e. The second-order valence-corrected chi connectivity index (χ2v) is 5.45. The van der Waals surface area contributed by atoms with E-state index in [0.29, 0.717) is 6.04 Å². The minimum atomic E-state index is 0.259. The first-order valence-corrected chi connectivity index (χ1v) is 7.73. The summed E-state index contributed by atoms with van der Waals surface area (Å²) in [6, 6.07) is 0.668. The van der Waals surface area contributed by atoms with Gasteiger partial charge in [-0.15, -0.1) is 0 Å². The molecule has 0 spiro atoms. The predicted molar refractivity (Wildman–Crippen MR) is 80.6 cm³/mol. The van der Waals surface area contributed by atoms with E-state index in [9.17, 15) is 0 Å². The Bertz CT molecular complexity index is 378. The average Bonchev–Trinajstić information content (AvgIpc) is 2.42. The maximum Gasteiger partial charge on any atom is 0.144 e. The van der Waals surface area contributed by atoms with Crippen LogP contribution in [0.4, 0.5) is 5.82 Å². The van der Waals surface area contributed by atoms with Crippen LogP contribution in [0.15, 0.2) is 12.4 Å². The zero-order valence-corrected chi connectivity index (χ0v) is 12.4. The fraction of sp³-hybridized carbons (Fsp3) is 0.733. The molecule has 0 aliphatic heterocycles. The molecule has 1 saturated carbocycles. The first-order valence-electron chi connectivity index (χ1n) is 7.73. The van der Waals surface area contributed by atoms with Gasteiger partial charge in [-0.1, -0.05) is 13.3 Å². The maximum absolute atomic E-state index is 9.01.